The van der Waals surface area contributed by atoms with Gasteiger partial charge in [-0.2, -0.15) is 5.10 Å². The first-order valence-electron chi connectivity index (χ1n) is 10.3. The zero-order chi connectivity index (χ0) is 22.5. The van der Waals surface area contributed by atoms with Gasteiger partial charge in [0.1, 0.15) is 17.3 Å². The summed E-state index contributed by atoms with van der Waals surface area (Å²) < 4.78 is 14.0. The Balaban J connectivity index is 1.51. The van der Waals surface area contributed by atoms with Crippen molar-refractivity contribution >= 4 is 21.8 Å². The predicted octanol–water partition coefficient (Wildman–Crippen LogP) is 5.38. The van der Waals surface area contributed by atoms with Crippen molar-refractivity contribution in [3.63, 3.8) is 0 Å². The Morgan fingerprint density at radius 1 is 0.848 bits per heavy atom. The van der Waals surface area contributed by atoms with Crippen LogP contribution in [0.5, 0.6) is 5.75 Å². The van der Waals surface area contributed by atoms with Gasteiger partial charge in [-0.25, -0.2) is 4.39 Å². The second-order valence-electron chi connectivity index (χ2n) is 7.94. The molecule has 1 aromatic carbocycles. The SMILES string of the molecule is Cc1cc(F)cc(-c2nccc3[nH]c(-c4n[nH]c5cnc(-c6cncc(O)c6)cc45)cc23)c1. The number of aromatic hydroxyl groups is 1. The number of aryl methyl sites for hydroxylation is 1. The molecule has 0 atom stereocenters. The molecular weight excluding hydrogens is 419 g/mol. The number of pyridine rings is 3. The summed E-state index contributed by atoms with van der Waals surface area (Å²) in [7, 11) is 0. The summed E-state index contributed by atoms with van der Waals surface area (Å²) in [6.07, 6.45) is 6.44. The molecule has 0 aliphatic rings. The number of H-pyrrole nitrogens is 2. The van der Waals surface area contributed by atoms with Crippen LogP contribution in [0.25, 0.3) is 55.7 Å². The zero-order valence-corrected chi connectivity index (χ0v) is 17.5. The molecule has 6 rings (SSSR count). The highest BCUT2D eigenvalue weighted by atomic mass is 19.1. The van der Waals surface area contributed by atoms with Crippen molar-refractivity contribution < 1.29 is 9.50 Å². The van der Waals surface area contributed by atoms with Crippen LogP contribution in [-0.2, 0) is 0 Å². The van der Waals surface area contributed by atoms with E-state index in [1.54, 1.807) is 24.7 Å². The van der Waals surface area contributed by atoms with Crippen LogP contribution in [0.3, 0.4) is 0 Å². The molecule has 0 saturated heterocycles. The maximum atomic E-state index is 14.0. The van der Waals surface area contributed by atoms with Gasteiger partial charge in [0.15, 0.2) is 0 Å². The van der Waals surface area contributed by atoms with E-state index >= 15 is 0 Å². The summed E-state index contributed by atoms with van der Waals surface area (Å²) in [6, 6.07) is 12.3. The molecular formula is C25H17FN6O. The number of aromatic nitrogens is 6. The van der Waals surface area contributed by atoms with E-state index in [-0.39, 0.29) is 11.6 Å². The Morgan fingerprint density at radius 3 is 2.58 bits per heavy atom. The number of halogens is 1. The molecule has 0 spiro atoms. The van der Waals surface area contributed by atoms with Gasteiger partial charge in [-0.05, 0) is 55.0 Å². The van der Waals surface area contributed by atoms with E-state index in [0.29, 0.717) is 17.0 Å². The number of nitrogens with zero attached hydrogens (tertiary/aromatic N) is 4. The molecule has 160 valence electrons. The number of aromatic amines is 2. The van der Waals surface area contributed by atoms with Crippen LogP contribution < -0.4 is 0 Å². The molecule has 3 N–H and O–H groups in total. The highest BCUT2D eigenvalue weighted by Gasteiger charge is 2.16. The normalized spacial score (nSPS) is 11.5. The van der Waals surface area contributed by atoms with E-state index in [0.717, 1.165) is 44.3 Å². The minimum atomic E-state index is -0.292. The first-order chi connectivity index (χ1) is 16.0. The summed E-state index contributed by atoms with van der Waals surface area (Å²) in [5.74, 6) is -0.218. The monoisotopic (exact) mass is 436 g/mol. The van der Waals surface area contributed by atoms with Gasteiger partial charge in [0.2, 0.25) is 0 Å². The minimum Gasteiger partial charge on any atom is -0.506 e. The molecule has 0 bridgehead atoms. The van der Waals surface area contributed by atoms with Crippen LogP contribution in [0.2, 0.25) is 0 Å². The number of benzene rings is 1. The largest absolute Gasteiger partial charge is 0.506 e. The summed E-state index contributed by atoms with van der Waals surface area (Å²) in [6.45, 7) is 1.86. The number of hydrogen-bond donors (Lipinski definition) is 3. The zero-order valence-electron chi connectivity index (χ0n) is 17.5. The van der Waals surface area contributed by atoms with Gasteiger partial charge in [-0.15, -0.1) is 0 Å². The van der Waals surface area contributed by atoms with E-state index in [2.05, 4.69) is 30.1 Å². The van der Waals surface area contributed by atoms with Crippen molar-refractivity contribution in [2.24, 2.45) is 0 Å². The molecule has 6 aromatic rings. The highest BCUT2D eigenvalue weighted by Crippen LogP contribution is 2.34. The van der Waals surface area contributed by atoms with Crippen molar-refractivity contribution in [3.05, 3.63) is 78.6 Å². The Bertz CT molecular complexity index is 1650. The molecule has 33 heavy (non-hydrogen) atoms. The molecule has 8 heteroatoms. The van der Waals surface area contributed by atoms with E-state index in [4.69, 9.17) is 0 Å². The maximum Gasteiger partial charge on any atom is 0.134 e. The summed E-state index contributed by atoms with van der Waals surface area (Å²) >= 11 is 0. The Hall–Kier alpha value is -4.59. The molecule has 7 nitrogen and oxygen atoms in total. The molecule has 0 fully saturated rings. The molecule has 0 aliphatic heterocycles. The maximum absolute atomic E-state index is 14.0. The van der Waals surface area contributed by atoms with Crippen LogP contribution in [0.15, 0.2) is 67.3 Å². The van der Waals surface area contributed by atoms with E-state index in [9.17, 15) is 9.50 Å². The molecule has 0 amide bonds. The second-order valence-corrected chi connectivity index (χ2v) is 7.94. The van der Waals surface area contributed by atoms with Gasteiger partial charge >= 0.3 is 0 Å². The van der Waals surface area contributed by atoms with Crippen LogP contribution in [0.4, 0.5) is 4.39 Å². The van der Waals surface area contributed by atoms with Gasteiger partial charge in [-0.3, -0.25) is 20.1 Å². The van der Waals surface area contributed by atoms with Gasteiger partial charge in [0, 0.05) is 39.8 Å². The first kappa shape index (κ1) is 19.1. The van der Waals surface area contributed by atoms with Gasteiger partial charge < -0.3 is 10.1 Å². The summed E-state index contributed by atoms with van der Waals surface area (Å²) in [4.78, 5) is 16.4. The lowest BCUT2D eigenvalue weighted by molar-refractivity contribution is 0.473. The number of rotatable bonds is 3. The number of hydrogen-bond acceptors (Lipinski definition) is 5. The lowest BCUT2D eigenvalue weighted by Crippen LogP contribution is -1.87. The van der Waals surface area contributed by atoms with E-state index < -0.39 is 0 Å². The van der Waals surface area contributed by atoms with Crippen molar-refractivity contribution in [2.45, 2.75) is 6.92 Å². The van der Waals surface area contributed by atoms with E-state index in [1.807, 2.05) is 31.2 Å². The smallest absolute Gasteiger partial charge is 0.134 e. The highest BCUT2D eigenvalue weighted by molar-refractivity contribution is 6.00. The lowest BCUT2D eigenvalue weighted by atomic mass is 10.0. The van der Waals surface area contributed by atoms with Gasteiger partial charge in [0.25, 0.3) is 0 Å². The molecule has 0 unspecified atom stereocenters. The molecule has 0 aliphatic carbocycles. The molecule has 5 heterocycles. The standard InChI is InChI=1S/C25H17FN6O/c1-13-4-14(6-16(26)5-13)24-18-9-22(30-20(18)2-3-28-24)25-19-8-21(29-12-23(19)31-32-25)15-7-17(33)11-27-10-15/h2-12,30,33H,1H3,(H,31,32). The molecule has 0 saturated carbocycles. The van der Waals surface area contributed by atoms with Gasteiger partial charge in [0.05, 0.1) is 35.0 Å². The third kappa shape index (κ3) is 3.28. The third-order valence-corrected chi connectivity index (χ3v) is 5.59. The summed E-state index contributed by atoms with van der Waals surface area (Å²) in [5.41, 5.74) is 6.79. The fourth-order valence-corrected chi connectivity index (χ4v) is 4.13. The lowest BCUT2D eigenvalue weighted by Gasteiger charge is -2.04. The topological polar surface area (TPSA) is 103 Å². The average molecular weight is 436 g/mol. The third-order valence-electron chi connectivity index (χ3n) is 5.59. The number of nitrogens with one attached hydrogen (secondary N) is 2. The van der Waals surface area contributed by atoms with Crippen LogP contribution in [0.1, 0.15) is 5.56 Å². The first-order valence-corrected chi connectivity index (χ1v) is 10.3. The minimum absolute atomic E-state index is 0.0741. The quantitative estimate of drug-likeness (QED) is 0.345. The summed E-state index contributed by atoms with van der Waals surface area (Å²) in [5, 5.41) is 19.0. The van der Waals surface area contributed by atoms with Crippen molar-refractivity contribution in [1.29, 1.82) is 0 Å². The predicted molar refractivity (Wildman–Crippen MR) is 124 cm³/mol. The van der Waals surface area contributed by atoms with Gasteiger partial charge in [-0.1, -0.05) is 0 Å². The van der Waals surface area contributed by atoms with Crippen LogP contribution in [-0.4, -0.2) is 35.2 Å². The molecule has 5 aromatic heterocycles. The average Bonchev–Trinajstić information content (AvgIpc) is 3.41. The fourth-order valence-electron chi connectivity index (χ4n) is 4.13. The van der Waals surface area contributed by atoms with Crippen molar-refractivity contribution in [1.82, 2.24) is 30.1 Å². The second kappa shape index (κ2) is 7.23. The Morgan fingerprint density at radius 2 is 1.73 bits per heavy atom. The molecule has 0 radical (unpaired) electrons. The van der Waals surface area contributed by atoms with Crippen LogP contribution >= 0.6 is 0 Å². The fraction of sp³-hybridized carbons (Fsp3) is 0.0400. The van der Waals surface area contributed by atoms with Crippen molar-refractivity contribution in [3.8, 4) is 39.7 Å². The Kier molecular flexibility index (Phi) is 4.19. The van der Waals surface area contributed by atoms with Crippen molar-refractivity contribution in [2.75, 3.05) is 0 Å². The Labute approximate surface area is 187 Å². The van der Waals surface area contributed by atoms with E-state index in [1.165, 1.54) is 18.3 Å². The van der Waals surface area contributed by atoms with Crippen LogP contribution in [0, 0.1) is 12.7 Å². The number of fused-ring (bicyclic) bond motifs is 2.